The van der Waals surface area contributed by atoms with Crippen molar-refractivity contribution in [3.05, 3.63) is 65.5 Å². The van der Waals surface area contributed by atoms with Gasteiger partial charge in [0, 0.05) is 25.0 Å². The highest BCUT2D eigenvalue weighted by Gasteiger charge is 2.05. The summed E-state index contributed by atoms with van der Waals surface area (Å²) >= 11 is 7.12. The third-order valence-corrected chi connectivity index (χ3v) is 4.48. The Hall–Kier alpha value is -1.59. The quantitative estimate of drug-likeness (QED) is 0.655. The van der Waals surface area contributed by atoms with Gasteiger partial charge in [-0.15, -0.1) is 11.8 Å². The van der Waals surface area contributed by atoms with Crippen LogP contribution in [-0.2, 0) is 13.1 Å². The van der Waals surface area contributed by atoms with E-state index in [-0.39, 0.29) is 5.82 Å². The predicted octanol–water partition coefficient (Wildman–Crippen LogP) is 4.05. The van der Waals surface area contributed by atoms with Crippen LogP contribution in [0.4, 0.5) is 4.39 Å². The predicted molar refractivity (Wildman–Crippen MR) is 95.5 cm³/mol. The molecule has 2 aromatic rings. The summed E-state index contributed by atoms with van der Waals surface area (Å²) in [6.07, 6.45) is 2.07. The summed E-state index contributed by atoms with van der Waals surface area (Å²) in [7, 11) is 1.96. The maximum atomic E-state index is 12.9. The number of thioether (sulfide) groups is 1. The molecule has 0 aliphatic rings. The third kappa shape index (κ3) is 5.00. The smallest absolute Gasteiger partial charge is 0.169 e. The van der Waals surface area contributed by atoms with Crippen LogP contribution in [0, 0.1) is 5.82 Å². The first-order valence-electron chi connectivity index (χ1n) is 6.95. The third-order valence-electron chi connectivity index (χ3n) is 3.28. The number of nitrogens with one attached hydrogen (secondary N) is 1. The van der Waals surface area contributed by atoms with E-state index in [1.807, 2.05) is 11.9 Å². The standard InChI is InChI=1S/C17H19FN2S2/c1-20(12-14-5-9-16(22-2)10-6-14)17(21)19-11-13-3-7-15(18)8-4-13/h3-10H,11-12H2,1-2H3,(H,19,21). The second kappa shape index (κ2) is 8.15. The van der Waals surface area contributed by atoms with E-state index in [0.29, 0.717) is 11.7 Å². The summed E-state index contributed by atoms with van der Waals surface area (Å²) in [5, 5.41) is 3.87. The van der Waals surface area contributed by atoms with Crippen molar-refractivity contribution < 1.29 is 4.39 Å². The Balaban J connectivity index is 1.84. The molecule has 22 heavy (non-hydrogen) atoms. The summed E-state index contributed by atoms with van der Waals surface area (Å²) in [5.74, 6) is -0.225. The lowest BCUT2D eigenvalue weighted by Crippen LogP contribution is -2.36. The average molecular weight is 334 g/mol. The van der Waals surface area contributed by atoms with Crippen molar-refractivity contribution in [2.75, 3.05) is 13.3 Å². The van der Waals surface area contributed by atoms with Gasteiger partial charge >= 0.3 is 0 Å². The zero-order valence-corrected chi connectivity index (χ0v) is 14.3. The minimum atomic E-state index is -0.225. The van der Waals surface area contributed by atoms with E-state index in [0.717, 1.165) is 12.1 Å². The van der Waals surface area contributed by atoms with Gasteiger partial charge < -0.3 is 10.2 Å². The molecule has 0 amide bonds. The molecule has 0 aliphatic heterocycles. The Bertz CT molecular complexity index is 612. The fourth-order valence-electron chi connectivity index (χ4n) is 1.99. The largest absolute Gasteiger partial charge is 0.358 e. The van der Waals surface area contributed by atoms with Crippen LogP contribution in [0.25, 0.3) is 0 Å². The van der Waals surface area contributed by atoms with Crippen LogP contribution in [0.1, 0.15) is 11.1 Å². The van der Waals surface area contributed by atoms with Crippen molar-refractivity contribution >= 4 is 29.1 Å². The molecule has 1 N–H and O–H groups in total. The minimum absolute atomic E-state index is 0.225. The summed E-state index contributed by atoms with van der Waals surface area (Å²) < 4.78 is 12.9. The van der Waals surface area contributed by atoms with Crippen LogP contribution in [-0.4, -0.2) is 23.3 Å². The Morgan fingerprint density at radius 2 is 1.68 bits per heavy atom. The fraction of sp³-hybridized carbons (Fsp3) is 0.235. The topological polar surface area (TPSA) is 15.3 Å². The molecule has 2 rings (SSSR count). The molecule has 0 atom stereocenters. The maximum absolute atomic E-state index is 12.9. The van der Waals surface area contributed by atoms with Crippen LogP contribution in [0.5, 0.6) is 0 Å². The molecular weight excluding hydrogens is 315 g/mol. The SMILES string of the molecule is CSc1ccc(CN(C)C(=S)NCc2ccc(F)cc2)cc1. The molecule has 2 nitrogen and oxygen atoms in total. The first-order chi connectivity index (χ1) is 10.6. The van der Waals surface area contributed by atoms with Gasteiger partial charge in [0.05, 0.1) is 0 Å². The molecule has 116 valence electrons. The molecule has 0 saturated carbocycles. The average Bonchev–Trinajstić information content (AvgIpc) is 2.54. The molecule has 0 aliphatic carbocycles. The van der Waals surface area contributed by atoms with Crippen LogP contribution >= 0.6 is 24.0 Å². The van der Waals surface area contributed by atoms with Gasteiger partial charge in [0.25, 0.3) is 0 Å². The van der Waals surface area contributed by atoms with Crippen molar-refractivity contribution in [2.24, 2.45) is 0 Å². The number of nitrogens with zero attached hydrogens (tertiary/aromatic N) is 1. The molecule has 0 heterocycles. The maximum Gasteiger partial charge on any atom is 0.169 e. The number of rotatable bonds is 5. The monoisotopic (exact) mass is 334 g/mol. The summed E-state index contributed by atoms with van der Waals surface area (Å²) in [6.45, 7) is 1.35. The minimum Gasteiger partial charge on any atom is -0.358 e. The first kappa shape index (κ1) is 16.8. The molecule has 0 unspecified atom stereocenters. The molecule has 0 radical (unpaired) electrons. The number of hydrogen-bond donors (Lipinski definition) is 1. The van der Waals surface area contributed by atoms with E-state index in [4.69, 9.17) is 12.2 Å². The van der Waals surface area contributed by atoms with Gasteiger partial charge in [-0.3, -0.25) is 0 Å². The summed E-state index contributed by atoms with van der Waals surface area (Å²) in [4.78, 5) is 3.25. The Morgan fingerprint density at radius 3 is 2.27 bits per heavy atom. The number of hydrogen-bond acceptors (Lipinski definition) is 2. The molecule has 2 aromatic carbocycles. The van der Waals surface area contributed by atoms with Crippen LogP contribution in [0.3, 0.4) is 0 Å². The zero-order valence-electron chi connectivity index (χ0n) is 12.7. The molecule has 5 heteroatoms. The van der Waals surface area contributed by atoms with Gasteiger partial charge in [-0.05, 0) is 53.9 Å². The number of halogens is 1. The molecule has 0 spiro atoms. The van der Waals surface area contributed by atoms with Gasteiger partial charge in [0.15, 0.2) is 5.11 Å². The Morgan fingerprint density at radius 1 is 1.09 bits per heavy atom. The van der Waals surface area contributed by atoms with Crippen LogP contribution in [0.2, 0.25) is 0 Å². The molecule has 0 fully saturated rings. The van der Waals surface area contributed by atoms with E-state index in [2.05, 4.69) is 35.8 Å². The second-order valence-corrected chi connectivity index (χ2v) is 6.26. The summed E-state index contributed by atoms with van der Waals surface area (Å²) in [6, 6.07) is 14.9. The van der Waals surface area contributed by atoms with Gasteiger partial charge in [-0.2, -0.15) is 0 Å². The van der Waals surface area contributed by atoms with E-state index in [1.54, 1.807) is 23.9 Å². The van der Waals surface area contributed by atoms with Gasteiger partial charge in [-0.1, -0.05) is 24.3 Å². The van der Waals surface area contributed by atoms with Crippen molar-refractivity contribution in [1.29, 1.82) is 0 Å². The van der Waals surface area contributed by atoms with Crippen molar-refractivity contribution in [1.82, 2.24) is 10.2 Å². The summed E-state index contributed by atoms with van der Waals surface area (Å²) in [5.41, 5.74) is 2.22. The van der Waals surface area contributed by atoms with Gasteiger partial charge in [0.2, 0.25) is 0 Å². The van der Waals surface area contributed by atoms with Crippen molar-refractivity contribution in [3.63, 3.8) is 0 Å². The first-order valence-corrected chi connectivity index (χ1v) is 8.58. The lowest BCUT2D eigenvalue weighted by molar-refractivity contribution is 0.488. The highest BCUT2D eigenvalue weighted by molar-refractivity contribution is 7.98. The highest BCUT2D eigenvalue weighted by Crippen LogP contribution is 2.15. The van der Waals surface area contributed by atoms with E-state index in [9.17, 15) is 4.39 Å². The van der Waals surface area contributed by atoms with E-state index in [1.165, 1.54) is 22.6 Å². The number of benzene rings is 2. The van der Waals surface area contributed by atoms with Crippen LogP contribution in [0.15, 0.2) is 53.4 Å². The van der Waals surface area contributed by atoms with Crippen LogP contribution < -0.4 is 5.32 Å². The molecule has 0 aromatic heterocycles. The fourth-order valence-corrected chi connectivity index (χ4v) is 2.54. The van der Waals surface area contributed by atoms with Gasteiger partial charge in [-0.25, -0.2) is 4.39 Å². The zero-order chi connectivity index (χ0) is 15.9. The van der Waals surface area contributed by atoms with E-state index < -0.39 is 0 Å². The van der Waals surface area contributed by atoms with Crippen molar-refractivity contribution in [3.8, 4) is 0 Å². The normalized spacial score (nSPS) is 10.3. The molecule has 0 bridgehead atoms. The molecular formula is C17H19FN2S2. The van der Waals surface area contributed by atoms with Crippen molar-refractivity contribution in [2.45, 2.75) is 18.0 Å². The van der Waals surface area contributed by atoms with E-state index >= 15 is 0 Å². The van der Waals surface area contributed by atoms with Gasteiger partial charge in [0.1, 0.15) is 5.82 Å². The Labute approximate surface area is 140 Å². The lowest BCUT2D eigenvalue weighted by atomic mass is 10.2. The molecule has 0 saturated heterocycles. The Kier molecular flexibility index (Phi) is 6.21. The second-order valence-electron chi connectivity index (χ2n) is 4.99. The number of thiocarbonyl (C=S) groups is 1. The lowest BCUT2D eigenvalue weighted by Gasteiger charge is -2.21. The highest BCUT2D eigenvalue weighted by atomic mass is 32.2.